The van der Waals surface area contributed by atoms with E-state index in [0.29, 0.717) is 21.8 Å². The monoisotopic (exact) mass is 387 g/mol. The summed E-state index contributed by atoms with van der Waals surface area (Å²) in [6, 6.07) is 11.2. The zero-order chi connectivity index (χ0) is 18.5. The first-order valence-corrected chi connectivity index (χ1v) is 9.09. The van der Waals surface area contributed by atoms with Gasteiger partial charge in [0.2, 0.25) is 5.95 Å². The molecule has 3 rings (SSSR count). The van der Waals surface area contributed by atoms with E-state index in [1.165, 1.54) is 0 Å². The lowest BCUT2D eigenvalue weighted by Gasteiger charge is -2.15. The summed E-state index contributed by atoms with van der Waals surface area (Å²) in [5.74, 6) is 1.18. The summed E-state index contributed by atoms with van der Waals surface area (Å²) in [6.07, 6.45) is 4.47. The molecule has 0 radical (unpaired) electrons. The largest absolute Gasteiger partial charge is 0.352 e. The van der Waals surface area contributed by atoms with Crippen molar-refractivity contribution in [1.29, 1.82) is 0 Å². The molecule has 0 aliphatic carbocycles. The maximum absolute atomic E-state index is 6.27. The Morgan fingerprint density at radius 3 is 2.65 bits per heavy atom. The highest BCUT2D eigenvalue weighted by Crippen LogP contribution is 2.29. The molecule has 0 unspecified atom stereocenters. The Morgan fingerprint density at radius 2 is 1.96 bits per heavy atom. The molecule has 5 nitrogen and oxygen atoms in total. The summed E-state index contributed by atoms with van der Waals surface area (Å²) in [7, 11) is 0. The maximum atomic E-state index is 6.27. The average Bonchev–Trinajstić information content (AvgIpc) is 2.64. The van der Waals surface area contributed by atoms with Crippen molar-refractivity contribution in [2.75, 3.05) is 10.6 Å². The molecule has 0 bridgehead atoms. The molecule has 0 aliphatic heterocycles. The van der Waals surface area contributed by atoms with Gasteiger partial charge >= 0.3 is 0 Å². The Hall–Kier alpha value is -2.37. The highest BCUT2D eigenvalue weighted by atomic mass is 35.5. The van der Waals surface area contributed by atoms with Crippen LogP contribution in [0.1, 0.15) is 20.3 Å². The van der Waals surface area contributed by atoms with Gasteiger partial charge in [0.05, 0.1) is 16.4 Å². The van der Waals surface area contributed by atoms with Crippen LogP contribution in [0.5, 0.6) is 0 Å². The summed E-state index contributed by atoms with van der Waals surface area (Å²) in [6.45, 7) is 4.19. The summed E-state index contributed by atoms with van der Waals surface area (Å²) >= 11 is 12.2. The molecule has 0 spiro atoms. The summed E-state index contributed by atoms with van der Waals surface area (Å²) in [4.78, 5) is 13.3. The van der Waals surface area contributed by atoms with Crippen molar-refractivity contribution in [3.63, 3.8) is 0 Å². The molecule has 7 heteroatoms. The number of nitrogens with one attached hydrogen (secondary N) is 2. The fraction of sp³-hybridized carbons (Fsp3) is 0.211. The van der Waals surface area contributed by atoms with Crippen LogP contribution < -0.4 is 10.6 Å². The van der Waals surface area contributed by atoms with Gasteiger partial charge in [-0.2, -0.15) is 4.98 Å². The molecule has 1 aromatic carbocycles. The number of rotatable bonds is 6. The van der Waals surface area contributed by atoms with Gasteiger partial charge in [0.25, 0.3) is 0 Å². The van der Waals surface area contributed by atoms with Crippen molar-refractivity contribution in [3.8, 4) is 11.3 Å². The van der Waals surface area contributed by atoms with E-state index in [4.69, 9.17) is 23.2 Å². The number of hydrogen-bond donors (Lipinski definition) is 2. The highest BCUT2D eigenvalue weighted by Gasteiger charge is 2.10. The van der Waals surface area contributed by atoms with Crippen LogP contribution in [-0.4, -0.2) is 21.0 Å². The zero-order valence-corrected chi connectivity index (χ0v) is 16.0. The first-order chi connectivity index (χ1) is 12.5. The second-order valence-electron chi connectivity index (χ2n) is 5.91. The minimum Gasteiger partial charge on any atom is -0.352 e. The van der Waals surface area contributed by atoms with E-state index in [9.17, 15) is 0 Å². The summed E-state index contributed by atoms with van der Waals surface area (Å²) in [5.41, 5.74) is 2.40. The number of pyridine rings is 1. The Kier molecular flexibility index (Phi) is 5.91. The molecule has 2 N–H and O–H groups in total. The summed E-state index contributed by atoms with van der Waals surface area (Å²) in [5, 5.41) is 7.66. The normalized spacial score (nSPS) is 11.8. The van der Waals surface area contributed by atoms with Gasteiger partial charge in [-0.15, -0.1) is 0 Å². The van der Waals surface area contributed by atoms with E-state index in [0.717, 1.165) is 23.4 Å². The second-order valence-corrected chi connectivity index (χ2v) is 6.75. The lowest BCUT2D eigenvalue weighted by molar-refractivity contribution is 0.753. The number of hydrogen-bond acceptors (Lipinski definition) is 5. The quantitative estimate of drug-likeness (QED) is 0.559. The molecule has 0 saturated carbocycles. The molecule has 1 atom stereocenters. The number of halogens is 2. The molecular formula is C19H19Cl2N5. The third-order valence-corrected chi connectivity index (χ3v) is 4.41. The molecular weight excluding hydrogens is 369 g/mol. The van der Waals surface area contributed by atoms with Gasteiger partial charge < -0.3 is 10.6 Å². The van der Waals surface area contributed by atoms with E-state index in [1.54, 1.807) is 24.5 Å². The van der Waals surface area contributed by atoms with Crippen LogP contribution in [-0.2, 0) is 0 Å². The van der Waals surface area contributed by atoms with E-state index in [2.05, 4.69) is 39.4 Å². The topological polar surface area (TPSA) is 62.7 Å². The predicted molar refractivity (Wildman–Crippen MR) is 108 cm³/mol. The first-order valence-electron chi connectivity index (χ1n) is 8.33. The molecule has 0 fully saturated rings. The van der Waals surface area contributed by atoms with Gasteiger partial charge in [-0.25, -0.2) is 4.98 Å². The lowest BCUT2D eigenvalue weighted by atomic mass is 10.2. The minimum absolute atomic E-state index is 0.256. The Bertz CT molecular complexity index is 886. The van der Waals surface area contributed by atoms with E-state index >= 15 is 0 Å². The molecule has 3 aromatic rings. The van der Waals surface area contributed by atoms with Crippen LogP contribution in [0.2, 0.25) is 10.0 Å². The number of benzene rings is 1. The number of nitrogens with zero attached hydrogens (tertiary/aromatic N) is 3. The van der Waals surface area contributed by atoms with Gasteiger partial charge in [-0.05, 0) is 43.7 Å². The van der Waals surface area contributed by atoms with E-state index in [1.807, 2.05) is 24.3 Å². The standard InChI is InChI=1S/C19H19Cl2N5/c1-3-12(2)23-19-25-17(13-5-4-8-22-11-13)10-18(26-19)24-16-7-6-14(20)9-15(16)21/h4-12H,3H2,1-2H3,(H2,23,24,25,26)/t12-/m0/s1. The van der Waals surface area contributed by atoms with E-state index in [-0.39, 0.29) is 6.04 Å². The maximum Gasteiger partial charge on any atom is 0.225 e. The van der Waals surface area contributed by atoms with Crippen LogP contribution in [0.15, 0.2) is 48.8 Å². The van der Waals surface area contributed by atoms with Gasteiger partial charge in [0, 0.05) is 35.1 Å². The Morgan fingerprint density at radius 1 is 1.12 bits per heavy atom. The fourth-order valence-corrected chi connectivity index (χ4v) is 2.74. The smallest absolute Gasteiger partial charge is 0.225 e. The SMILES string of the molecule is CC[C@H](C)Nc1nc(Nc2ccc(Cl)cc2Cl)cc(-c2cccnc2)n1. The van der Waals surface area contributed by atoms with Gasteiger partial charge in [0.15, 0.2) is 0 Å². The highest BCUT2D eigenvalue weighted by molar-refractivity contribution is 6.36. The number of aromatic nitrogens is 3. The Balaban J connectivity index is 1.98. The van der Waals surface area contributed by atoms with Crippen molar-refractivity contribution in [2.24, 2.45) is 0 Å². The molecule has 2 aromatic heterocycles. The molecule has 26 heavy (non-hydrogen) atoms. The molecule has 0 saturated heterocycles. The molecule has 134 valence electrons. The van der Waals surface area contributed by atoms with Gasteiger partial charge in [-0.3, -0.25) is 4.98 Å². The lowest BCUT2D eigenvalue weighted by Crippen LogP contribution is -2.16. The third-order valence-electron chi connectivity index (χ3n) is 3.87. The Labute approximate surface area is 162 Å². The van der Waals surface area contributed by atoms with Crippen molar-refractivity contribution < 1.29 is 0 Å². The van der Waals surface area contributed by atoms with Crippen molar-refractivity contribution in [3.05, 3.63) is 58.8 Å². The second kappa shape index (κ2) is 8.34. The summed E-state index contributed by atoms with van der Waals surface area (Å²) < 4.78 is 0. The first kappa shape index (κ1) is 18.4. The predicted octanol–water partition coefficient (Wildman–Crippen LogP) is 5.80. The van der Waals surface area contributed by atoms with E-state index < -0.39 is 0 Å². The van der Waals surface area contributed by atoms with Crippen LogP contribution >= 0.6 is 23.2 Å². The third kappa shape index (κ3) is 4.62. The van der Waals surface area contributed by atoms with Gasteiger partial charge in [-0.1, -0.05) is 30.1 Å². The van der Waals surface area contributed by atoms with Crippen molar-refractivity contribution in [1.82, 2.24) is 15.0 Å². The zero-order valence-electron chi connectivity index (χ0n) is 14.5. The fourth-order valence-electron chi connectivity index (χ4n) is 2.29. The van der Waals surface area contributed by atoms with Crippen LogP contribution in [0.3, 0.4) is 0 Å². The molecule has 2 heterocycles. The molecule has 0 amide bonds. The van der Waals surface area contributed by atoms with Crippen molar-refractivity contribution in [2.45, 2.75) is 26.3 Å². The minimum atomic E-state index is 0.256. The average molecular weight is 388 g/mol. The van der Waals surface area contributed by atoms with Crippen LogP contribution in [0.25, 0.3) is 11.3 Å². The van der Waals surface area contributed by atoms with Crippen LogP contribution in [0.4, 0.5) is 17.5 Å². The van der Waals surface area contributed by atoms with Gasteiger partial charge in [0.1, 0.15) is 5.82 Å². The number of anilines is 3. The van der Waals surface area contributed by atoms with Crippen LogP contribution in [0, 0.1) is 0 Å². The van der Waals surface area contributed by atoms with Crippen molar-refractivity contribution >= 4 is 40.7 Å². The molecule has 0 aliphatic rings.